The van der Waals surface area contributed by atoms with E-state index in [1.807, 2.05) is 14.0 Å². The van der Waals surface area contributed by atoms with Gasteiger partial charge in [0.25, 0.3) is 0 Å². The van der Waals surface area contributed by atoms with Gasteiger partial charge in [-0.3, -0.25) is 4.99 Å². The Hall–Kier alpha value is -1.15. The van der Waals surface area contributed by atoms with Gasteiger partial charge in [0.1, 0.15) is 0 Å². The van der Waals surface area contributed by atoms with Crippen molar-refractivity contribution in [2.75, 3.05) is 7.05 Å². The van der Waals surface area contributed by atoms with Crippen LogP contribution in [0.15, 0.2) is 35.3 Å². The van der Waals surface area contributed by atoms with Crippen LogP contribution in [-0.4, -0.2) is 24.0 Å². The standard InChI is InChI=1S/C18H26N4S.HI/c1-13(10-11-16-8-6-5-7-9-16)21-18(19-4)20-12-17-14(2)22-15(3)23-17;/h5-9,13H,10-12H2,1-4H3,(H2,19,20,21);1H. The SMILES string of the molecule is CN=C(NCc1sc(C)nc1C)NC(C)CCc1ccccc1.I. The van der Waals surface area contributed by atoms with Crippen molar-refractivity contribution in [3.05, 3.63) is 51.5 Å². The Labute approximate surface area is 166 Å². The summed E-state index contributed by atoms with van der Waals surface area (Å²) < 4.78 is 0. The highest BCUT2D eigenvalue weighted by Gasteiger charge is 2.08. The summed E-state index contributed by atoms with van der Waals surface area (Å²) in [7, 11) is 1.81. The lowest BCUT2D eigenvalue weighted by Gasteiger charge is -2.17. The molecule has 4 nitrogen and oxygen atoms in total. The number of aliphatic imine (C=N–C) groups is 1. The average molecular weight is 458 g/mol. The number of hydrogen-bond donors (Lipinski definition) is 2. The van der Waals surface area contributed by atoms with Gasteiger partial charge < -0.3 is 10.6 Å². The predicted octanol–water partition coefficient (Wildman–Crippen LogP) is 4.06. The number of nitrogens with zero attached hydrogens (tertiary/aromatic N) is 2. The Morgan fingerprint density at radius 2 is 1.96 bits per heavy atom. The first-order valence-electron chi connectivity index (χ1n) is 8.02. The van der Waals surface area contributed by atoms with Crippen LogP contribution in [0.1, 0.15) is 34.5 Å². The molecule has 132 valence electrons. The number of aromatic nitrogens is 1. The van der Waals surface area contributed by atoms with Gasteiger partial charge in [0.15, 0.2) is 5.96 Å². The first-order valence-corrected chi connectivity index (χ1v) is 8.84. The molecule has 0 bridgehead atoms. The van der Waals surface area contributed by atoms with Gasteiger partial charge >= 0.3 is 0 Å². The zero-order chi connectivity index (χ0) is 16.7. The first kappa shape index (κ1) is 20.9. The van der Waals surface area contributed by atoms with Gasteiger partial charge in [-0.1, -0.05) is 30.3 Å². The average Bonchev–Trinajstić information content (AvgIpc) is 2.88. The van der Waals surface area contributed by atoms with Crippen LogP contribution in [0.5, 0.6) is 0 Å². The third-order valence-corrected chi connectivity index (χ3v) is 4.80. The number of rotatable bonds is 6. The molecular weight excluding hydrogens is 431 g/mol. The van der Waals surface area contributed by atoms with Crippen molar-refractivity contribution >= 4 is 41.3 Å². The van der Waals surface area contributed by atoms with Gasteiger partial charge in [-0.2, -0.15) is 0 Å². The number of halogens is 1. The molecule has 0 aliphatic heterocycles. The lowest BCUT2D eigenvalue weighted by Crippen LogP contribution is -2.42. The highest BCUT2D eigenvalue weighted by molar-refractivity contribution is 14.0. The molecule has 1 aromatic heterocycles. The lowest BCUT2D eigenvalue weighted by atomic mass is 10.1. The van der Waals surface area contributed by atoms with Crippen LogP contribution in [0.3, 0.4) is 0 Å². The monoisotopic (exact) mass is 458 g/mol. The zero-order valence-electron chi connectivity index (χ0n) is 14.8. The van der Waals surface area contributed by atoms with E-state index < -0.39 is 0 Å². The zero-order valence-corrected chi connectivity index (χ0v) is 17.9. The van der Waals surface area contributed by atoms with Gasteiger partial charge in [-0.05, 0) is 39.2 Å². The Balaban J connectivity index is 0.00000288. The van der Waals surface area contributed by atoms with E-state index in [0.717, 1.165) is 36.0 Å². The third-order valence-electron chi connectivity index (χ3n) is 3.73. The van der Waals surface area contributed by atoms with Crippen molar-refractivity contribution in [3.8, 4) is 0 Å². The number of thiazole rings is 1. The molecule has 0 saturated heterocycles. The third kappa shape index (κ3) is 6.76. The molecule has 2 aromatic rings. The molecule has 0 fully saturated rings. The maximum absolute atomic E-state index is 4.46. The molecule has 1 heterocycles. The molecule has 2 rings (SSSR count). The van der Waals surface area contributed by atoms with Crippen LogP contribution in [-0.2, 0) is 13.0 Å². The second kappa shape index (κ2) is 10.7. The van der Waals surface area contributed by atoms with Gasteiger partial charge in [-0.15, -0.1) is 35.3 Å². The molecule has 1 unspecified atom stereocenters. The largest absolute Gasteiger partial charge is 0.354 e. The molecule has 0 radical (unpaired) electrons. The van der Waals surface area contributed by atoms with E-state index in [-0.39, 0.29) is 24.0 Å². The second-order valence-corrected chi connectivity index (χ2v) is 7.02. The fourth-order valence-corrected chi connectivity index (χ4v) is 3.31. The van der Waals surface area contributed by atoms with E-state index in [1.165, 1.54) is 10.4 Å². The van der Waals surface area contributed by atoms with Gasteiger partial charge in [0.05, 0.1) is 17.2 Å². The summed E-state index contributed by atoms with van der Waals surface area (Å²) in [6, 6.07) is 11.0. The van der Waals surface area contributed by atoms with Crippen molar-refractivity contribution in [2.45, 2.75) is 46.2 Å². The Morgan fingerprint density at radius 3 is 2.54 bits per heavy atom. The minimum Gasteiger partial charge on any atom is -0.354 e. The maximum Gasteiger partial charge on any atom is 0.191 e. The summed E-state index contributed by atoms with van der Waals surface area (Å²) in [5.74, 6) is 0.844. The van der Waals surface area contributed by atoms with E-state index in [4.69, 9.17) is 0 Å². The maximum atomic E-state index is 4.46. The van der Waals surface area contributed by atoms with Crippen LogP contribution >= 0.6 is 35.3 Å². The Bertz CT molecular complexity index is 640. The van der Waals surface area contributed by atoms with Crippen LogP contribution in [0.25, 0.3) is 0 Å². The summed E-state index contributed by atoms with van der Waals surface area (Å²) in [4.78, 5) is 10.0. The van der Waals surface area contributed by atoms with Crippen LogP contribution in [0.4, 0.5) is 0 Å². The number of benzene rings is 1. The Morgan fingerprint density at radius 1 is 1.25 bits per heavy atom. The van der Waals surface area contributed by atoms with E-state index in [0.29, 0.717) is 6.04 Å². The fourth-order valence-electron chi connectivity index (χ4n) is 2.43. The molecule has 2 N–H and O–H groups in total. The van der Waals surface area contributed by atoms with Crippen molar-refractivity contribution in [1.82, 2.24) is 15.6 Å². The van der Waals surface area contributed by atoms with Gasteiger partial charge in [-0.25, -0.2) is 4.98 Å². The molecule has 0 saturated carbocycles. The number of guanidine groups is 1. The van der Waals surface area contributed by atoms with Gasteiger partial charge in [0, 0.05) is 18.0 Å². The van der Waals surface area contributed by atoms with E-state index in [1.54, 1.807) is 11.3 Å². The number of aryl methyl sites for hydroxylation is 3. The van der Waals surface area contributed by atoms with Crippen LogP contribution < -0.4 is 10.6 Å². The van der Waals surface area contributed by atoms with Crippen molar-refractivity contribution in [1.29, 1.82) is 0 Å². The molecule has 0 spiro atoms. The summed E-state index contributed by atoms with van der Waals surface area (Å²) >= 11 is 1.74. The summed E-state index contributed by atoms with van der Waals surface area (Å²) in [6.45, 7) is 7.05. The topological polar surface area (TPSA) is 49.3 Å². The first-order chi connectivity index (χ1) is 11.1. The lowest BCUT2D eigenvalue weighted by molar-refractivity contribution is 0.593. The molecule has 24 heavy (non-hydrogen) atoms. The smallest absolute Gasteiger partial charge is 0.191 e. The highest BCUT2D eigenvalue weighted by Crippen LogP contribution is 2.16. The van der Waals surface area contributed by atoms with E-state index in [2.05, 4.69) is 64.8 Å². The van der Waals surface area contributed by atoms with Crippen LogP contribution in [0.2, 0.25) is 0 Å². The molecule has 1 aromatic carbocycles. The van der Waals surface area contributed by atoms with Crippen molar-refractivity contribution in [2.24, 2.45) is 4.99 Å². The van der Waals surface area contributed by atoms with E-state index >= 15 is 0 Å². The van der Waals surface area contributed by atoms with Crippen molar-refractivity contribution < 1.29 is 0 Å². The second-order valence-electron chi connectivity index (χ2n) is 5.74. The van der Waals surface area contributed by atoms with Crippen molar-refractivity contribution in [3.63, 3.8) is 0 Å². The summed E-state index contributed by atoms with van der Waals surface area (Å²) in [5.41, 5.74) is 2.48. The minimum absolute atomic E-state index is 0. The molecule has 1 atom stereocenters. The summed E-state index contributed by atoms with van der Waals surface area (Å²) in [5, 5.41) is 7.94. The van der Waals surface area contributed by atoms with Crippen LogP contribution in [0, 0.1) is 13.8 Å². The molecule has 0 aliphatic carbocycles. The highest BCUT2D eigenvalue weighted by atomic mass is 127. The van der Waals surface area contributed by atoms with Gasteiger partial charge in [0.2, 0.25) is 0 Å². The molecule has 0 amide bonds. The molecular formula is C18H27IN4S. The number of hydrogen-bond acceptors (Lipinski definition) is 3. The molecule has 0 aliphatic rings. The molecule has 6 heteroatoms. The predicted molar refractivity (Wildman–Crippen MR) is 115 cm³/mol. The summed E-state index contributed by atoms with van der Waals surface area (Å²) in [6.07, 6.45) is 2.14. The quantitative estimate of drug-likeness (QED) is 0.390. The fraction of sp³-hybridized carbons (Fsp3) is 0.444. The van der Waals surface area contributed by atoms with E-state index in [9.17, 15) is 0 Å². The Kier molecular flexibility index (Phi) is 9.28. The minimum atomic E-state index is 0. The normalized spacial score (nSPS) is 12.4. The number of nitrogens with one attached hydrogen (secondary N) is 2.